The quantitative estimate of drug-likeness (QED) is 0.858. The highest BCUT2D eigenvalue weighted by Crippen LogP contribution is 2.42. The first-order valence-corrected chi connectivity index (χ1v) is 6.41. The van der Waals surface area contributed by atoms with E-state index in [4.69, 9.17) is 10.00 Å². The lowest BCUT2D eigenvalue weighted by molar-refractivity contribution is -0.0637. The van der Waals surface area contributed by atoms with E-state index in [2.05, 4.69) is 11.1 Å². The number of aromatic nitrogens is 2. The van der Waals surface area contributed by atoms with Crippen LogP contribution in [0.3, 0.4) is 0 Å². The second-order valence-electron chi connectivity index (χ2n) is 5.47. The molecule has 0 saturated heterocycles. The molecule has 0 radical (unpaired) electrons. The first kappa shape index (κ1) is 12.7. The second-order valence-corrected chi connectivity index (χ2v) is 5.47. The number of hydrogen-bond donors (Lipinski definition) is 1. The number of benzene rings is 1. The molecule has 0 fully saturated rings. The lowest BCUT2D eigenvalue weighted by Gasteiger charge is -2.42. The molecule has 5 heteroatoms. The number of rotatable bonds is 1. The molecule has 20 heavy (non-hydrogen) atoms. The standard InChI is InChI=1S/C15H15N3O2/c1-15(2)14(19)13(18-6-5-17-9-18)11-7-10(8-16)3-4-12(11)20-15/h3-7,9,13-14,19H,1-2H3/t13-,14+/m1/s1. The zero-order valence-corrected chi connectivity index (χ0v) is 11.3. The zero-order valence-electron chi connectivity index (χ0n) is 11.3. The maximum Gasteiger partial charge on any atom is 0.132 e. The predicted molar refractivity (Wildman–Crippen MR) is 72.2 cm³/mol. The minimum atomic E-state index is -0.738. The highest BCUT2D eigenvalue weighted by molar-refractivity contribution is 5.46. The van der Waals surface area contributed by atoms with Gasteiger partial charge in [-0.15, -0.1) is 0 Å². The maximum absolute atomic E-state index is 10.6. The first-order valence-electron chi connectivity index (χ1n) is 6.41. The Morgan fingerprint density at radius 1 is 1.45 bits per heavy atom. The monoisotopic (exact) mass is 269 g/mol. The third-order valence-electron chi connectivity index (χ3n) is 3.69. The van der Waals surface area contributed by atoms with Crippen LogP contribution in [-0.4, -0.2) is 26.4 Å². The van der Waals surface area contributed by atoms with Crippen molar-refractivity contribution in [3.05, 3.63) is 48.0 Å². The molecule has 2 atom stereocenters. The fourth-order valence-corrected chi connectivity index (χ4v) is 2.59. The van der Waals surface area contributed by atoms with Gasteiger partial charge in [0.05, 0.1) is 24.0 Å². The van der Waals surface area contributed by atoms with Crippen LogP contribution in [0.2, 0.25) is 0 Å². The van der Waals surface area contributed by atoms with Crippen LogP contribution in [0.5, 0.6) is 5.75 Å². The highest BCUT2D eigenvalue weighted by Gasteiger charge is 2.43. The topological polar surface area (TPSA) is 71.1 Å². The molecule has 0 spiro atoms. The van der Waals surface area contributed by atoms with Gasteiger partial charge in [-0.25, -0.2) is 4.98 Å². The predicted octanol–water partition coefficient (Wildman–Crippen LogP) is 1.88. The Kier molecular flexibility index (Phi) is 2.77. The summed E-state index contributed by atoms with van der Waals surface area (Å²) in [5.74, 6) is 0.693. The molecule has 0 amide bonds. The third kappa shape index (κ3) is 1.86. The van der Waals surface area contributed by atoms with Crippen molar-refractivity contribution >= 4 is 0 Å². The minimum absolute atomic E-state index is 0.315. The van der Waals surface area contributed by atoms with E-state index in [0.29, 0.717) is 11.3 Å². The number of imidazole rings is 1. The molecule has 1 aliphatic rings. The average Bonchev–Trinajstić information content (AvgIpc) is 2.93. The van der Waals surface area contributed by atoms with Gasteiger partial charge >= 0.3 is 0 Å². The van der Waals surface area contributed by atoms with Gasteiger partial charge in [-0.3, -0.25) is 0 Å². The molecule has 0 unspecified atom stereocenters. The van der Waals surface area contributed by atoms with Crippen LogP contribution in [0.15, 0.2) is 36.9 Å². The molecule has 102 valence electrons. The lowest BCUT2D eigenvalue weighted by Crippen LogP contribution is -2.50. The van der Waals surface area contributed by atoms with Crippen LogP contribution in [0.4, 0.5) is 0 Å². The van der Waals surface area contributed by atoms with E-state index in [9.17, 15) is 5.11 Å². The third-order valence-corrected chi connectivity index (χ3v) is 3.69. The van der Waals surface area contributed by atoms with E-state index < -0.39 is 11.7 Å². The molecule has 1 aromatic carbocycles. The fourth-order valence-electron chi connectivity index (χ4n) is 2.59. The van der Waals surface area contributed by atoms with Gasteiger partial charge in [0.15, 0.2) is 0 Å². The molecule has 0 aliphatic carbocycles. The van der Waals surface area contributed by atoms with E-state index in [-0.39, 0.29) is 6.04 Å². The van der Waals surface area contributed by atoms with Crippen LogP contribution >= 0.6 is 0 Å². The number of ether oxygens (including phenoxy) is 1. The summed E-state index contributed by atoms with van der Waals surface area (Å²) in [5, 5.41) is 19.7. The van der Waals surface area contributed by atoms with Gasteiger partial charge < -0.3 is 14.4 Å². The molecule has 1 aromatic heterocycles. The summed E-state index contributed by atoms with van der Waals surface area (Å²) in [7, 11) is 0. The molecular weight excluding hydrogens is 254 g/mol. The van der Waals surface area contributed by atoms with Gasteiger partial charge in [-0.1, -0.05) is 0 Å². The van der Waals surface area contributed by atoms with Crippen molar-refractivity contribution in [3.63, 3.8) is 0 Å². The number of fused-ring (bicyclic) bond motifs is 1. The first-order chi connectivity index (χ1) is 9.53. The molecule has 0 saturated carbocycles. The molecule has 2 heterocycles. The van der Waals surface area contributed by atoms with Crippen molar-refractivity contribution in [2.45, 2.75) is 31.6 Å². The number of aliphatic hydroxyl groups excluding tert-OH is 1. The number of nitrogens with zero attached hydrogens (tertiary/aromatic N) is 3. The maximum atomic E-state index is 10.6. The van der Waals surface area contributed by atoms with Gasteiger partial charge in [0.2, 0.25) is 0 Å². The van der Waals surface area contributed by atoms with E-state index >= 15 is 0 Å². The van der Waals surface area contributed by atoms with Crippen LogP contribution in [0.1, 0.15) is 31.0 Å². The summed E-state index contributed by atoms with van der Waals surface area (Å²) in [6.45, 7) is 3.70. The van der Waals surface area contributed by atoms with Crippen molar-refractivity contribution in [1.82, 2.24) is 9.55 Å². The number of hydrogen-bond acceptors (Lipinski definition) is 4. The van der Waals surface area contributed by atoms with Crippen molar-refractivity contribution in [1.29, 1.82) is 5.26 Å². The van der Waals surface area contributed by atoms with Crippen LogP contribution in [-0.2, 0) is 0 Å². The van der Waals surface area contributed by atoms with Gasteiger partial charge in [-0.05, 0) is 32.0 Å². The number of nitriles is 1. The minimum Gasteiger partial charge on any atom is -0.485 e. The molecule has 3 rings (SSSR count). The Bertz CT molecular complexity index is 671. The molecule has 1 aliphatic heterocycles. The van der Waals surface area contributed by atoms with E-state index in [0.717, 1.165) is 5.56 Å². The van der Waals surface area contributed by atoms with Gasteiger partial charge in [-0.2, -0.15) is 5.26 Å². The Morgan fingerprint density at radius 3 is 2.90 bits per heavy atom. The molecular formula is C15H15N3O2. The Balaban J connectivity index is 2.20. The largest absolute Gasteiger partial charge is 0.485 e. The van der Waals surface area contributed by atoms with Gasteiger partial charge in [0, 0.05) is 18.0 Å². The Morgan fingerprint density at radius 2 is 2.25 bits per heavy atom. The summed E-state index contributed by atoms with van der Waals surface area (Å²) >= 11 is 0. The van der Waals surface area contributed by atoms with Crippen molar-refractivity contribution < 1.29 is 9.84 Å². The lowest BCUT2D eigenvalue weighted by atomic mass is 9.86. The van der Waals surface area contributed by atoms with Crippen LogP contribution in [0.25, 0.3) is 0 Å². The molecule has 2 aromatic rings. The Hall–Kier alpha value is -2.32. The number of aliphatic hydroxyl groups is 1. The highest BCUT2D eigenvalue weighted by atomic mass is 16.5. The summed E-state index contributed by atoms with van der Waals surface area (Å²) in [6, 6.07) is 7.07. The van der Waals surface area contributed by atoms with Crippen molar-refractivity contribution in [3.8, 4) is 11.8 Å². The van der Waals surface area contributed by atoms with E-state index in [1.54, 1.807) is 36.9 Å². The summed E-state index contributed by atoms with van der Waals surface area (Å²) in [5.41, 5.74) is 0.633. The van der Waals surface area contributed by atoms with Crippen molar-refractivity contribution in [2.24, 2.45) is 0 Å². The fraction of sp³-hybridized carbons (Fsp3) is 0.333. The van der Waals surface area contributed by atoms with Crippen molar-refractivity contribution in [2.75, 3.05) is 0 Å². The molecule has 1 N–H and O–H groups in total. The van der Waals surface area contributed by atoms with E-state index in [1.165, 1.54) is 0 Å². The summed E-state index contributed by atoms with van der Waals surface area (Å²) < 4.78 is 7.71. The normalized spacial score (nSPS) is 23.5. The zero-order chi connectivity index (χ0) is 14.3. The summed E-state index contributed by atoms with van der Waals surface area (Å²) in [4.78, 5) is 4.04. The van der Waals surface area contributed by atoms with Crippen LogP contribution < -0.4 is 4.74 Å². The Labute approximate surface area is 117 Å². The summed E-state index contributed by atoms with van der Waals surface area (Å²) in [6.07, 6.45) is 4.40. The van der Waals surface area contributed by atoms with Gasteiger partial charge in [0.25, 0.3) is 0 Å². The molecule has 5 nitrogen and oxygen atoms in total. The van der Waals surface area contributed by atoms with Gasteiger partial charge in [0.1, 0.15) is 17.5 Å². The average molecular weight is 269 g/mol. The second kappa shape index (κ2) is 4.36. The smallest absolute Gasteiger partial charge is 0.132 e. The SMILES string of the molecule is CC1(C)Oc2ccc(C#N)cc2[C@@H](n2ccnc2)[C@@H]1O. The molecule has 0 bridgehead atoms. The van der Waals surface area contributed by atoms with E-state index in [1.807, 2.05) is 18.4 Å². The van der Waals surface area contributed by atoms with Crippen LogP contribution in [0, 0.1) is 11.3 Å².